The Morgan fingerprint density at radius 2 is 2.08 bits per heavy atom. The first-order valence-corrected chi connectivity index (χ1v) is 7.47. The molecule has 0 aliphatic rings. The Balaban J connectivity index is 2.03. The molecule has 24 heavy (non-hydrogen) atoms. The van der Waals surface area contributed by atoms with Gasteiger partial charge >= 0.3 is 0 Å². The lowest BCUT2D eigenvalue weighted by molar-refractivity contribution is 0.0744. The summed E-state index contributed by atoms with van der Waals surface area (Å²) in [5, 5.41) is 0.506. The van der Waals surface area contributed by atoms with E-state index in [0.717, 1.165) is 5.56 Å². The van der Waals surface area contributed by atoms with Gasteiger partial charge in [0.1, 0.15) is 5.82 Å². The Labute approximate surface area is 137 Å². The van der Waals surface area contributed by atoms with Gasteiger partial charge in [-0.05, 0) is 36.8 Å². The highest BCUT2D eigenvalue weighted by Crippen LogP contribution is 2.23. The molecule has 122 valence electrons. The van der Waals surface area contributed by atoms with Gasteiger partial charge in [-0.2, -0.15) is 0 Å². The lowest BCUT2D eigenvalue weighted by Gasteiger charge is -2.25. The molecule has 5 nitrogen and oxygen atoms in total. The summed E-state index contributed by atoms with van der Waals surface area (Å²) in [5.74, 6) is -0.783. The minimum atomic E-state index is -0.472. The molecular formula is C18H16FN3O2. The fourth-order valence-electron chi connectivity index (χ4n) is 2.62. The first-order chi connectivity index (χ1) is 11.5. The van der Waals surface area contributed by atoms with Crippen molar-refractivity contribution >= 4 is 16.8 Å². The summed E-state index contributed by atoms with van der Waals surface area (Å²) in [7, 11) is 1.66. The van der Waals surface area contributed by atoms with Crippen molar-refractivity contribution in [2.75, 3.05) is 7.05 Å². The van der Waals surface area contributed by atoms with Gasteiger partial charge < -0.3 is 9.88 Å². The van der Waals surface area contributed by atoms with Gasteiger partial charge in [-0.3, -0.25) is 14.6 Å². The Hall–Kier alpha value is -3.02. The average molecular weight is 325 g/mol. The largest absolute Gasteiger partial charge is 0.335 e. The molecule has 2 heterocycles. The van der Waals surface area contributed by atoms with Gasteiger partial charge in [-0.15, -0.1) is 0 Å². The third kappa shape index (κ3) is 2.90. The number of nitrogens with zero attached hydrogens (tertiary/aromatic N) is 2. The van der Waals surface area contributed by atoms with Gasteiger partial charge in [-0.25, -0.2) is 4.39 Å². The first-order valence-electron chi connectivity index (χ1n) is 7.47. The van der Waals surface area contributed by atoms with E-state index >= 15 is 0 Å². The highest BCUT2D eigenvalue weighted by atomic mass is 19.1. The van der Waals surface area contributed by atoms with Gasteiger partial charge in [0, 0.05) is 30.9 Å². The summed E-state index contributed by atoms with van der Waals surface area (Å²) in [6.07, 6.45) is 3.36. The first kappa shape index (κ1) is 15.9. The number of aromatic amines is 1. The molecule has 0 fully saturated rings. The van der Waals surface area contributed by atoms with Gasteiger partial charge in [-0.1, -0.05) is 6.07 Å². The number of fused-ring (bicyclic) bond motifs is 1. The normalized spacial score (nSPS) is 12.1. The fraction of sp³-hybridized carbons (Fsp3) is 0.167. The average Bonchev–Trinajstić information content (AvgIpc) is 2.59. The van der Waals surface area contributed by atoms with Crippen LogP contribution in [-0.4, -0.2) is 27.8 Å². The summed E-state index contributed by atoms with van der Waals surface area (Å²) in [6.45, 7) is 1.88. The van der Waals surface area contributed by atoms with Crippen LogP contribution >= 0.6 is 0 Å². The maximum Gasteiger partial charge on any atom is 0.254 e. The van der Waals surface area contributed by atoms with E-state index in [-0.39, 0.29) is 17.5 Å². The molecule has 0 unspecified atom stereocenters. The van der Waals surface area contributed by atoms with Crippen LogP contribution in [0.1, 0.15) is 28.9 Å². The zero-order valence-corrected chi connectivity index (χ0v) is 13.3. The summed E-state index contributed by atoms with van der Waals surface area (Å²) >= 11 is 0. The molecule has 3 aromatic rings. The van der Waals surface area contributed by atoms with Crippen molar-refractivity contribution in [3.05, 3.63) is 76.1 Å². The minimum absolute atomic E-state index is 0.221. The van der Waals surface area contributed by atoms with E-state index in [2.05, 4.69) is 9.97 Å². The molecule has 1 aromatic carbocycles. The van der Waals surface area contributed by atoms with Crippen molar-refractivity contribution in [1.82, 2.24) is 14.9 Å². The third-order valence-electron chi connectivity index (χ3n) is 4.10. The summed E-state index contributed by atoms with van der Waals surface area (Å²) < 4.78 is 13.4. The zero-order chi connectivity index (χ0) is 17.3. The summed E-state index contributed by atoms with van der Waals surface area (Å²) in [6, 6.07) is 8.68. The van der Waals surface area contributed by atoms with Gasteiger partial charge in [0.05, 0.1) is 17.1 Å². The Morgan fingerprint density at radius 1 is 1.29 bits per heavy atom. The van der Waals surface area contributed by atoms with Crippen molar-refractivity contribution in [2.45, 2.75) is 13.0 Å². The molecular weight excluding hydrogens is 309 g/mol. The number of carbonyl (C=O) groups is 1. The lowest BCUT2D eigenvalue weighted by atomic mass is 10.1. The second-order valence-corrected chi connectivity index (χ2v) is 5.62. The van der Waals surface area contributed by atoms with Crippen molar-refractivity contribution in [2.24, 2.45) is 0 Å². The third-order valence-corrected chi connectivity index (χ3v) is 4.10. The summed E-state index contributed by atoms with van der Waals surface area (Å²) in [5.41, 5.74) is 0.979. The highest BCUT2D eigenvalue weighted by molar-refractivity contribution is 6.06. The SMILES string of the molecule is C[C@H](c1cccnc1)N(C)C(=O)c1cc(=O)[nH]c2cc(F)ccc12. The molecule has 2 aromatic heterocycles. The van der Waals surface area contributed by atoms with Crippen LogP contribution in [0.4, 0.5) is 4.39 Å². The van der Waals surface area contributed by atoms with E-state index in [1.54, 1.807) is 25.5 Å². The predicted molar refractivity (Wildman–Crippen MR) is 89.3 cm³/mol. The molecule has 0 saturated heterocycles. The minimum Gasteiger partial charge on any atom is -0.335 e. The smallest absolute Gasteiger partial charge is 0.254 e. The van der Waals surface area contributed by atoms with E-state index < -0.39 is 11.4 Å². The molecule has 0 saturated carbocycles. The molecule has 0 radical (unpaired) electrons. The van der Waals surface area contributed by atoms with Crippen LogP contribution in [0.25, 0.3) is 10.9 Å². The van der Waals surface area contributed by atoms with E-state index in [0.29, 0.717) is 10.9 Å². The number of rotatable bonds is 3. The Kier molecular flexibility index (Phi) is 4.12. The summed E-state index contributed by atoms with van der Waals surface area (Å²) in [4.78, 5) is 32.8. The number of nitrogens with one attached hydrogen (secondary N) is 1. The monoisotopic (exact) mass is 325 g/mol. The van der Waals surface area contributed by atoms with E-state index in [1.165, 1.54) is 29.2 Å². The Bertz CT molecular complexity index is 953. The fourth-order valence-corrected chi connectivity index (χ4v) is 2.62. The molecule has 0 aliphatic carbocycles. The number of H-pyrrole nitrogens is 1. The van der Waals surface area contributed by atoms with E-state index in [9.17, 15) is 14.0 Å². The maximum atomic E-state index is 13.4. The van der Waals surface area contributed by atoms with Crippen LogP contribution in [-0.2, 0) is 0 Å². The number of pyridine rings is 2. The molecule has 6 heteroatoms. The number of amides is 1. The molecule has 0 aliphatic heterocycles. The standard InChI is InChI=1S/C18H16FN3O2/c1-11(12-4-3-7-20-10-12)22(2)18(24)15-9-17(23)21-16-8-13(19)5-6-14(15)16/h3-11H,1-2H3,(H,21,23)/t11-/m1/s1. The van der Waals surface area contributed by atoms with E-state index in [1.807, 2.05) is 13.0 Å². The number of hydrogen-bond acceptors (Lipinski definition) is 3. The quantitative estimate of drug-likeness (QED) is 0.805. The van der Waals surface area contributed by atoms with Gasteiger partial charge in [0.2, 0.25) is 5.56 Å². The lowest BCUT2D eigenvalue weighted by Crippen LogP contribution is -2.30. The topological polar surface area (TPSA) is 66.1 Å². The van der Waals surface area contributed by atoms with Crippen molar-refractivity contribution < 1.29 is 9.18 Å². The molecule has 3 rings (SSSR count). The predicted octanol–water partition coefficient (Wildman–Crippen LogP) is 2.90. The van der Waals surface area contributed by atoms with Crippen molar-refractivity contribution in [1.29, 1.82) is 0 Å². The van der Waals surface area contributed by atoms with Gasteiger partial charge in [0.25, 0.3) is 5.91 Å². The zero-order valence-electron chi connectivity index (χ0n) is 13.3. The van der Waals surface area contributed by atoms with Crippen molar-refractivity contribution in [3.63, 3.8) is 0 Å². The Morgan fingerprint density at radius 3 is 2.79 bits per heavy atom. The van der Waals surface area contributed by atoms with Crippen LogP contribution in [0.5, 0.6) is 0 Å². The van der Waals surface area contributed by atoms with Gasteiger partial charge in [0.15, 0.2) is 0 Å². The van der Waals surface area contributed by atoms with Crippen molar-refractivity contribution in [3.8, 4) is 0 Å². The molecule has 0 spiro atoms. The van der Waals surface area contributed by atoms with Crippen LogP contribution in [0.3, 0.4) is 0 Å². The molecule has 1 N–H and O–H groups in total. The van der Waals surface area contributed by atoms with E-state index in [4.69, 9.17) is 0 Å². The van der Waals surface area contributed by atoms with Crippen LogP contribution in [0.15, 0.2) is 53.6 Å². The molecule has 1 atom stereocenters. The number of aromatic nitrogens is 2. The molecule has 1 amide bonds. The van der Waals surface area contributed by atoms with Crippen LogP contribution in [0, 0.1) is 5.82 Å². The second-order valence-electron chi connectivity index (χ2n) is 5.62. The van der Waals surface area contributed by atoms with Crippen LogP contribution < -0.4 is 5.56 Å². The number of benzene rings is 1. The number of carbonyl (C=O) groups excluding carboxylic acids is 1. The van der Waals surface area contributed by atoms with Crippen LogP contribution in [0.2, 0.25) is 0 Å². The number of hydrogen-bond donors (Lipinski definition) is 1. The second kappa shape index (κ2) is 6.23. The maximum absolute atomic E-state index is 13.4. The number of halogens is 1. The molecule has 0 bridgehead atoms. The highest BCUT2D eigenvalue weighted by Gasteiger charge is 2.21.